The number of β-amino-alcohol motifs (C(OH)–C–C–N with tert-alkyl or cyclic N) is 1. The minimum atomic E-state index is -0.597. The highest BCUT2D eigenvalue weighted by Gasteiger charge is 2.24. The first kappa shape index (κ1) is 16.7. The molecule has 0 heterocycles. The summed E-state index contributed by atoms with van der Waals surface area (Å²) in [6.07, 6.45) is -0.597. The van der Waals surface area contributed by atoms with E-state index in [0.717, 1.165) is 16.8 Å². The number of nitrogens with zero attached hydrogens (tertiary/aromatic N) is 1. The third-order valence-corrected chi connectivity index (χ3v) is 3.95. The fourth-order valence-electron chi connectivity index (χ4n) is 2.76. The molecule has 0 saturated heterocycles. The second-order valence-corrected chi connectivity index (χ2v) is 7.11. The van der Waals surface area contributed by atoms with E-state index in [-0.39, 0.29) is 12.1 Å². The summed E-state index contributed by atoms with van der Waals surface area (Å²) in [5, 5.41) is 17.6. The Morgan fingerprint density at radius 3 is 1.96 bits per heavy atom. The molecular formula is C20H24N2O2. The van der Waals surface area contributed by atoms with E-state index in [2.05, 4.69) is 55.5 Å². The summed E-state index contributed by atoms with van der Waals surface area (Å²) in [6.45, 7) is 6.83. The van der Waals surface area contributed by atoms with Gasteiger partial charge in [0.25, 0.3) is 0 Å². The molecule has 0 saturated carbocycles. The Morgan fingerprint density at radius 2 is 1.46 bits per heavy atom. The maximum atomic E-state index is 10.0. The minimum Gasteiger partial charge on any atom is -0.392 e. The molecule has 4 heteroatoms. The third-order valence-electron chi connectivity index (χ3n) is 3.95. The zero-order chi connectivity index (χ0) is 17.2. The lowest BCUT2D eigenvalue weighted by molar-refractivity contribution is 0.0374. The van der Waals surface area contributed by atoms with Gasteiger partial charge in [-0.25, -0.2) is 0 Å². The van der Waals surface area contributed by atoms with Crippen LogP contribution in [-0.4, -0.2) is 35.6 Å². The summed E-state index contributed by atoms with van der Waals surface area (Å²) >= 11 is 0. The Morgan fingerprint density at radius 1 is 0.958 bits per heavy atom. The molecule has 0 fully saturated rings. The lowest BCUT2D eigenvalue weighted by Gasteiger charge is -2.22. The van der Waals surface area contributed by atoms with Crippen molar-refractivity contribution in [3.8, 4) is 11.1 Å². The first-order valence-corrected chi connectivity index (χ1v) is 8.28. The predicted octanol–water partition coefficient (Wildman–Crippen LogP) is 3.19. The summed E-state index contributed by atoms with van der Waals surface area (Å²) in [7, 11) is 0. The molecule has 3 rings (SSSR count). The SMILES string of the molecule is CC(C)(C)NC[C@@H](O)CON=C1c2ccccc2-c2ccccc21. The predicted molar refractivity (Wildman–Crippen MR) is 97.2 cm³/mol. The van der Waals surface area contributed by atoms with E-state index < -0.39 is 6.10 Å². The Labute approximate surface area is 143 Å². The molecule has 2 N–H and O–H groups in total. The van der Waals surface area contributed by atoms with Gasteiger partial charge in [0.2, 0.25) is 0 Å². The van der Waals surface area contributed by atoms with Gasteiger partial charge in [-0.15, -0.1) is 0 Å². The first-order chi connectivity index (χ1) is 11.5. The Bertz CT molecular complexity index is 700. The van der Waals surface area contributed by atoms with E-state index in [1.165, 1.54) is 11.1 Å². The number of oxime groups is 1. The molecule has 0 unspecified atom stereocenters. The van der Waals surface area contributed by atoms with Gasteiger partial charge in [-0.2, -0.15) is 0 Å². The van der Waals surface area contributed by atoms with Crippen molar-refractivity contribution >= 4 is 5.71 Å². The maximum Gasteiger partial charge on any atom is 0.144 e. The lowest BCUT2D eigenvalue weighted by atomic mass is 10.1. The van der Waals surface area contributed by atoms with Gasteiger partial charge in [0.1, 0.15) is 18.4 Å². The highest BCUT2D eigenvalue weighted by molar-refractivity contribution is 6.24. The standard InChI is InChI=1S/C20H24N2O2/c1-20(2,3)21-12-14(23)13-24-22-19-17-10-6-4-8-15(17)16-9-5-7-11-18(16)19/h4-11,14,21,23H,12-13H2,1-3H3/t14-/m1/s1. The molecule has 0 aromatic heterocycles. The quantitative estimate of drug-likeness (QED) is 0.709. The van der Waals surface area contributed by atoms with Gasteiger partial charge in [-0.1, -0.05) is 53.7 Å². The van der Waals surface area contributed by atoms with Gasteiger partial charge in [0.15, 0.2) is 0 Å². The molecule has 2 aromatic rings. The zero-order valence-electron chi connectivity index (χ0n) is 14.4. The van der Waals surface area contributed by atoms with Gasteiger partial charge >= 0.3 is 0 Å². The molecule has 4 nitrogen and oxygen atoms in total. The second kappa shape index (κ2) is 6.75. The van der Waals surface area contributed by atoms with Crippen LogP contribution >= 0.6 is 0 Å². The monoisotopic (exact) mass is 324 g/mol. The maximum absolute atomic E-state index is 10.0. The summed E-state index contributed by atoms with van der Waals surface area (Å²) in [5.41, 5.74) is 5.28. The van der Waals surface area contributed by atoms with E-state index >= 15 is 0 Å². The molecule has 0 radical (unpaired) electrons. The van der Waals surface area contributed by atoms with Crippen LogP contribution in [-0.2, 0) is 4.84 Å². The van der Waals surface area contributed by atoms with Crippen LogP contribution in [0.15, 0.2) is 53.7 Å². The van der Waals surface area contributed by atoms with Gasteiger partial charge in [-0.05, 0) is 31.9 Å². The lowest BCUT2D eigenvalue weighted by Crippen LogP contribution is -2.42. The largest absolute Gasteiger partial charge is 0.392 e. The van der Waals surface area contributed by atoms with Crippen LogP contribution in [0.4, 0.5) is 0 Å². The van der Waals surface area contributed by atoms with E-state index in [9.17, 15) is 5.11 Å². The summed E-state index contributed by atoms with van der Waals surface area (Å²) in [4.78, 5) is 5.46. The highest BCUT2D eigenvalue weighted by atomic mass is 16.6. The third kappa shape index (κ3) is 3.66. The van der Waals surface area contributed by atoms with Crippen LogP contribution in [0, 0.1) is 0 Å². The summed E-state index contributed by atoms with van der Waals surface area (Å²) in [6, 6.07) is 16.4. The van der Waals surface area contributed by atoms with Crippen molar-refractivity contribution in [2.75, 3.05) is 13.2 Å². The van der Waals surface area contributed by atoms with E-state index in [1.807, 2.05) is 24.3 Å². The number of hydrogen-bond donors (Lipinski definition) is 2. The summed E-state index contributed by atoms with van der Waals surface area (Å²) in [5.74, 6) is 0. The van der Waals surface area contributed by atoms with Crippen LogP contribution in [0.5, 0.6) is 0 Å². The first-order valence-electron chi connectivity index (χ1n) is 8.28. The molecule has 0 aliphatic heterocycles. The van der Waals surface area contributed by atoms with Gasteiger partial charge in [0, 0.05) is 23.2 Å². The van der Waals surface area contributed by atoms with Crippen LogP contribution in [0.3, 0.4) is 0 Å². The van der Waals surface area contributed by atoms with Gasteiger partial charge in [0.05, 0.1) is 0 Å². The zero-order valence-corrected chi connectivity index (χ0v) is 14.4. The Balaban J connectivity index is 1.72. The van der Waals surface area contributed by atoms with Crippen molar-refractivity contribution in [2.45, 2.75) is 32.4 Å². The normalized spacial score (nSPS) is 14.1. The molecular weight excluding hydrogens is 300 g/mol. The van der Waals surface area contributed by atoms with E-state index in [0.29, 0.717) is 6.54 Å². The Kier molecular flexibility index (Phi) is 4.69. The minimum absolute atomic E-state index is 0.0315. The number of benzene rings is 2. The molecule has 1 aliphatic rings. The van der Waals surface area contributed by atoms with Crippen LogP contribution in [0.1, 0.15) is 31.9 Å². The topological polar surface area (TPSA) is 53.8 Å². The fraction of sp³-hybridized carbons (Fsp3) is 0.350. The van der Waals surface area contributed by atoms with Gasteiger partial charge < -0.3 is 15.3 Å². The van der Waals surface area contributed by atoms with Gasteiger partial charge in [-0.3, -0.25) is 0 Å². The smallest absolute Gasteiger partial charge is 0.144 e. The van der Waals surface area contributed by atoms with Crippen LogP contribution in [0.2, 0.25) is 0 Å². The van der Waals surface area contributed by atoms with Crippen LogP contribution in [0.25, 0.3) is 11.1 Å². The van der Waals surface area contributed by atoms with Crippen molar-refractivity contribution in [3.05, 3.63) is 59.7 Å². The van der Waals surface area contributed by atoms with Crippen LogP contribution < -0.4 is 5.32 Å². The molecule has 2 aromatic carbocycles. The molecule has 1 atom stereocenters. The molecule has 0 bridgehead atoms. The molecule has 126 valence electrons. The van der Waals surface area contributed by atoms with E-state index in [1.54, 1.807) is 0 Å². The number of aliphatic hydroxyl groups is 1. The van der Waals surface area contributed by atoms with Crippen molar-refractivity contribution < 1.29 is 9.94 Å². The number of hydrogen-bond acceptors (Lipinski definition) is 4. The average molecular weight is 324 g/mol. The Hall–Kier alpha value is -2.17. The van der Waals surface area contributed by atoms with Crippen molar-refractivity contribution in [2.24, 2.45) is 5.16 Å². The average Bonchev–Trinajstić information content (AvgIpc) is 2.87. The second-order valence-electron chi connectivity index (χ2n) is 7.11. The highest BCUT2D eigenvalue weighted by Crippen LogP contribution is 2.36. The molecule has 0 spiro atoms. The van der Waals surface area contributed by atoms with Crippen molar-refractivity contribution in [3.63, 3.8) is 0 Å². The number of rotatable bonds is 5. The van der Waals surface area contributed by atoms with Crippen molar-refractivity contribution in [1.29, 1.82) is 0 Å². The molecule has 24 heavy (non-hydrogen) atoms. The molecule has 0 amide bonds. The number of nitrogens with one attached hydrogen (secondary N) is 1. The van der Waals surface area contributed by atoms with Crippen molar-refractivity contribution in [1.82, 2.24) is 5.32 Å². The number of aliphatic hydroxyl groups excluding tert-OH is 1. The number of fused-ring (bicyclic) bond motifs is 3. The fourth-order valence-corrected chi connectivity index (χ4v) is 2.76. The summed E-state index contributed by atoms with van der Waals surface area (Å²) < 4.78 is 0. The van der Waals surface area contributed by atoms with E-state index in [4.69, 9.17) is 4.84 Å². The molecule has 1 aliphatic carbocycles.